The normalized spacial score (nSPS) is 11.6. The lowest BCUT2D eigenvalue weighted by Gasteiger charge is -2.13. The standard InChI is InChI=1S/C27H31NO12/c1-5-22(29)35-15-18(4)38-25(32)11-12-27(34)40-21-8-7-20(13-19(21)14-28)39-26(33)10-9-24(31)36-16-17(3)37-23(30)6-2/h5-8,13-14,17-18,28H,1-2,9-12,15-16H2,3-4H3. The van der Waals surface area contributed by atoms with E-state index in [9.17, 15) is 28.8 Å². The Balaban J connectivity index is 2.49. The van der Waals surface area contributed by atoms with Crippen molar-refractivity contribution < 1.29 is 57.2 Å². The van der Waals surface area contributed by atoms with Gasteiger partial charge in [0.2, 0.25) is 0 Å². The van der Waals surface area contributed by atoms with Crippen LogP contribution in [0.3, 0.4) is 0 Å². The number of rotatable bonds is 17. The lowest BCUT2D eigenvalue weighted by molar-refractivity contribution is -0.156. The van der Waals surface area contributed by atoms with Gasteiger partial charge < -0.3 is 33.8 Å². The van der Waals surface area contributed by atoms with E-state index in [2.05, 4.69) is 13.2 Å². The van der Waals surface area contributed by atoms with Gasteiger partial charge in [0.05, 0.1) is 25.7 Å². The van der Waals surface area contributed by atoms with Crippen molar-refractivity contribution in [3.05, 3.63) is 49.1 Å². The Bertz CT molecular complexity index is 1130. The van der Waals surface area contributed by atoms with Gasteiger partial charge in [-0.2, -0.15) is 0 Å². The summed E-state index contributed by atoms with van der Waals surface area (Å²) in [5.74, 6) is -4.22. The van der Waals surface area contributed by atoms with E-state index in [0.29, 0.717) is 0 Å². The van der Waals surface area contributed by atoms with E-state index in [1.54, 1.807) is 0 Å². The predicted octanol–water partition coefficient (Wildman–Crippen LogP) is 2.38. The van der Waals surface area contributed by atoms with Crippen LogP contribution in [-0.4, -0.2) is 67.5 Å². The Labute approximate surface area is 230 Å². The molecule has 2 atom stereocenters. The van der Waals surface area contributed by atoms with Gasteiger partial charge in [-0.3, -0.25) is 19.2 Å². The summed E-state index contributed by atoms with van der Waals surface area (Å²) in [7, 11) is 0. The van der Waals surface area contributed by atoms with E-state index in [-0.39, 0.29) is 56.0 Å². The Morgan fingerprint density at radius 2 is 1.30 bits per heavy atom. The van der Waals surface area contributed by atoms with E-state index in [0.717, 1.165) is 18.4 Å². The third-order valence-corrected chi connectivity index (χ3v) is 4.58. The number of carbonyl (C=O) groups excluding carboxylic acids is 6. The molecule has 0 aliphatic carbocycles. The molecule has 0 fully saturated rings. The van der Waals surface area contributed by atoms with Gasteiger partial charge in [-0.05, 0) is 32.0 Å². The lowest BCUT2D eigenvalue weighted by Crippen LogP contribution is -2.22. The first-order valence-electron chi connectivity index (χ1n) is 12.0. The fourth-order valence-corrected chi connectivity index (χ4v) is 2.70. The van der Waals surface area contributed by atoms with E-state index in [4.69, 9.17) is 33.8 Å². The van der Waals surface area contributed by atoms with Crippen LogP contribution in [0.25, 0.3) is 0 Å². The molecule has 13 nitrogen and oxygen atoms in total. The van der Waals surface area contributed by atoms with Crippen LogP contribution in [0.5, 0.6) is 11.5 Å². The molecule has 0 spiro atoms. The fourth-order valence-electron chi connectivity index (χ4n) is 2.70. The molecule has 216 valence electrons. The second-order valence-corrected chi connectivity index (χ2v) is 8.06. The predicted molar refractivity (Wildman–Crippen MR) is 137 cm³/mol. The average Bonchev–Trinajstić information content (AvgIpc) is 2.93. The van der Waals surface area contributed by atoms with Gasteiger partial charge in [0.1, 0.15) is 36.9 Å². The molecule has 0 amide bonds. The van der Waals surface area contributed by atoms with E-state index in [1.165, 1.54) is 32.0 Å². The van der Waals surface area contributed by atoms with Gasteiger partial charge in [-0.1, -0.05) is 13.2 Å². The maximum absolute atomic E-state index is 12.2. The van der Waals surface area contributed by atoms with Gasteiger partial charge in [-0.15, -0.1) is 0 Å². The minimum Gasteiger partial charge on any atom is -0.462 e. The highest BCUT2D eigenvalue weighted by Gasteiger charge is 2.17. The topological polar surface area (TPSA) is 182 Å². The first-order chi connectivity index (χ1) is 19.0. The molecule has 1 N–H and O–H groups in total. The molecule has 1 aromatic carbocycles. The first-order valence-corrected chi connectivity index (χ1v) is 12.0. The number of hydrogen-bond donors (Lipinski definition) is 1. The van der Waals surface area contributed by atoms with Crippen molar-refractivity contribution in [2.45, 2.75) is 51.7 Å². The monoisotopic (exact) mass is 561 g/mol. The summed E-state index contributed by atoms with van der Waals surface area (Å²) in [5, 5.41) is 7.54. The molecule has 1 aromatic rings. The van der Waals surface area contributed by atoms with Crippen LogP contribution >= 0.6 is 0 Å². The van der Waals surface area contributed by atoms with Crippen LogP contribution in [0, 0.1) is 5.41 Å². The molecule has 0 aromatic heterocycles. The molecular formula is C27H31NO12. The number of nitrogens with one attached hydrogen (secondary N) is 1. The van der Waals surface area contributed by atoms with Crippen molar-refractivity contribution in [2.75, 3.05) is 13.2 Å². The second kappa shape index (κ2) is 17.7. The number of esters is 6. The number of carbonyl (C=O) groups is 6. The molecule has 1 rings (SSSR count). The summed E-state index contributed by atoms with van der Waals surface area (Å²) in [5.41, 5.74) is 0.112. The third kappa shape index (κ3) is 13.7. The minimum atomic E-state index is -0.775. The summed E-state index contributed by atoms with van der Waals surface area (Å²) < 4.78 is 29.9. The summed E-state index contributed by atoms with van der Waals surface area (Å²) in [6.07, 6.45) is 0.204. The maximum Gasteiger partial charge on any atom is 0.330 e. The highest BCUT2D eigenvalue weighted by molar-refractivity contribution is 5.86. The Hall–Kier alpha value is -4.81. The average molecular weight is 562 g/mol. The smallest absolute Gasteiger partial charge is 0.330 e. The molecule has 0 aliphatic heterocycles. The van der Waals surface area contributed by atoms with Crippen molar-refractivity contribution in [2.24, 2.45) is 0 Å². The summed E-state index contributed by atoms with van der Waals surface area (Å²) in [4.78, 5) is 70.1. The zero-order valence-electron chi connectivity index (χ0n) is 22.2. The summed E-state index contributed by atoms with van der Waals surface area (Å²) in [6.45, 7) is 9.17. The molecule has 0 radical (unpaired) electrons. The largest absolute Gasteiger partial charge is 0.462 e. The molecule has 0 aliphatic rings. The van der Waals surface area contributed by atoms with E-state index < -0.39 is 48.0 Å². The van der Waals surface area contributed by atoms with Crippen molar-refractivity contribution in [3.8, 4) is 11.5 Å². The molecule has 0 saturated carbocycles. The number of ether oxygens (including phenoxy) is 6. The zero-order chi connectivity index (χ0) is 30.1. The molecule has 0 saturated heterocycles. The molecule has 40 heavy (non-hydrogen) atoms. The van der Waals surface area contributed by atoms with E-state index in [1.807, 2.05) is 0 Å². The van der Waals surface area contributed by atoms with E-state index >= 15 is 0 Å². The minimum absolute atomic E-state index is 0.00674. The second-order valence-electron chi connectivity index (χ2n) is 8.06. The van der Waals surface area contributed by atoms with Crippen molar-refractivity contribution in [1.82, 2.24) is 0 Å². The van der Waals surface area contributed by atoms with Gasteiger partial charge in [0.25, 0.3) is 0 Å². The van der Waals surface area contributed by atoms with Crippen LogP contribution in [0.1, 0.15) is 45.1 Å². The van der Waals surface area contributed by atoms with Crippen LogP contribution in [0.2, 0.25) is 0 Å². The van der Waals surface area contributed by atoms with Crippen LogP contribution in [0.15, 0.2) is 43.5 Å². The first kappa shape index (κ1) is 33.2. The quantitative estimate of drug-likeness (QED) is 0.0965. The summed E-state index contributed by atoms with van der Waals surface area (Å²) in [6, 6.07) is 3.90. The zero-order valence-corrected chi connectivity index (χ0v) is 22.2. The molecule has 0 heterocycles. The highest BCUT2D eigenvalue weighted by atomic mass is 16.6. The van der Waals surface area contributed by atoms with Gasteiger partial charge in [-0.25, -0.2) is 9.59 Å². The fraction of sp³-hybridized carbons (Fsp3) is 0.370. The molecule has 13 heteroatoms. The lowest BCUT2D eigenvalue weighted by atomic mass is 10.2. The van der Waals surface area contributed by atoms with Gasteiger partial charge >= 0.3 is 35.8 Å². The van der Waals surface area contributed by atoms with Crippen molar-refractivity contribution in [3.63, 3.8) is 0 Å². The highest BCUT2D eigenvalue weighted by Crippen LogP contribution is 2.24. The van der Waals surface area contributed by atoms with Crippen LogP contribution in [0.4, 0.5) is 0 Å². The Morgan fingerprint density at radius 1 is 0.750 bits per heavy atom. The van der Waals surface area contributed by atoms with Crippen molar-refractivity contribution >= 4 is 42.0 Å². The SMILES string of the molecule is C=CC(=O)OCC(C)OC(=O)CCC(=O)Oc1ccc(OC(=O)CCC(=O)OCC(C)OC(=O)C=C)cc1C=N. The molecule has 0 bridgehead atoms. The Kier molecular flexibility index (Phi) is 14.7. The van der Waals surface area contributed by atoms with Crippen LogP contribution < -0.4 is 9.47 Å². The van der Waals surface area contributed by atoms with Gasteiger partial charge in [0, 0.05) is 23.9 Å². The maximum atomic E-state index is 12.2. The molecule has 2 unspecified atom stereocenters. The van der Waals surface area contributed by atoms with Gasteiger partial charge in [0.15, 0.2) is 0 Å². The number of benzene rings is 1. The number of hydrogen-bond acceptors (Lipinski definition) is 13. The third-order valence-electron chi connectivity index (χ3n) is 4.58. The molecular weight excluding hydrogens is 530 g/mol. The summed E-state index contributed by atoms with van der Waals surface area (Å²) >= 11 is 0. The Morgan fingerprint density at radius 3 is 1.93 bits per heavy atom. The van der Waals surface area contributed by atoms with Crippen LogP contribution in [-0.2, 0) is 47.7 Å². The van der Waals surface area contributed by atoms with Crippen molar-refractivity contribution in [1.29, 1.82) is 5.41 Å².